The summed E-state index contributed by atoms with van der Waals surface area (Å²) in [6.45, 7) is 15.2. The number of nitrogens with one attached hydrogen (secondary N) is 9. The topological polar surface area (TPSA) is 268 Å². The summed E-state index contributed by atoms with van der Waals surface area (Å²) in [5.74, 6) is -4.62. The number of amides is 9. The molecule has 0 bridgehead atoms. The summed E-state index contributed by atoms with van der Waals surface area (Å²) in [5.41, 5.74) is 2.69. The highest BCUT2D eigenvalue weighted by atomic mass is 16.2. The van der Waals surface area contributed by atoms with Crippen LogP contribution in [0.3, 0.4) is 0 Å². The first-order valence-corrected chi connectivity index (χ1v) is 27.0. The van der Waals surface area contributed by atoms with Crippen molar-refractivity contribution in [3.05, 3.63) is 70.8 Å². The molecule has 2 aromatic carbocycles. The molecule has 20 heteroatoms. The summed E-state index contributed by atoms with van der Waals surface area (Å²) in [6, 6.07) is 6.81. The molecule has 0 spiro atoms. The van der Waals surface area contributed by atoms with Gasteiger partial charge in [-0.15, -0.1) is 0 Å². The lowest BCUT2D eigenvalue weighted by Crippen LogP contribution is -2.60. The van der Waals surface area contributed by atoms with Gasteiger partial charge >= 0.3 is 0 Å². The van der Waals surface area contributed by atoms with Crippen molar-refractivity contribution < 1.29 is 43.2 Å². The Balaban J connectivity index is 1.21. The molecule has 4 aliphatic rings. The molecule has 2 saturated heterocycles. The first kappa shape index (κ1) is 58.8. The predicted octanol–water partition coefficient (Wildman–Crippen LogP) is 1.72. The third kappa shape index (κ3) is 14.5. The van der Waals surface area contributed by atoms with Crippen LogP contribution in [0, 0.1) is 10.8 Å². The van der Waals surface area contributed by atoms with Crippen molar-refractivity contribution in [1.29, 1.82) is 0 Å². The Morgan fingerprint density at radius 1 is 0.566 bits per heavy atom. The van der Waals surface area contributed by atoms with Gasteiger partial charge in [0.1, 0.15) is 30.2 Å². The van der Waals surface area contributed by atoms with E-state index in [-0.39, 0.29) is 38.0 Å². The molecule has 6 rings (SSSR count). The molecule has 11 atom stereocenters. The summed E-state index contributed by atoms with van der Waals surface area (Å²) < 4.78 is 0. The molecule has 2 heterocycles. The normalized spacial score (nSPS) is 23.2. The largest absolute Gasteiger partial charge is 0.351 e. The Bertz CT molecular complexity index is 2490. The zero-order valence-electron chi connectivity index (χ0n) is 46.3. The van der Waals surface area contributed by atoms with Gasteiger partial charge in [0.15, 0.2) is 0 Å². The van der Waals surface area contributed by atoms with Gasteiger partial charge in [-0.2, -0.15) is 0 Å². The van der Waals surface area contributed by atoms with Crippen LogP contribution in [0.5, 0.6) is 0 Å². The molecule has 0 unspecified atom stereocenters. The van der Waals surface area contributed by atoms with Crippen molar-refractivity contribution in [2.24, 2.45) is 10.8 Å². The number of nitrogens with zero attached hydrogens (tertiary/aromatic N) is 2. The van der Waals surface area contributed by atoms with Crippen molar-refractivity contribution in [2.45, 2.75) is 187 Å². The van der Waals surface area contributed by atoms with Crippen LogP contribution in [0.15, 0.2) is 48.5 Å². The van der Waals surface area contributed by atoms with Gasteiger partial charge in [0.2, 0.25) is 53.2 Å². The molecule has 9 amide bonds. The summed E-state index contributed by atoms with van der Waals surface area (Å²) >= 11 is 0. The molecule has 2 fully saturated rings. The number of hydrogen-bond acceptors (Lipinski definition) is 11. The highest BCUT2D eigenvalue weighted by molar-refractivity contribution is 5.96. The first-order valence-electron chi connectivity index (χ1n) is 27.0. The van der Waals surface area contributed by atoms with Crippen LogP contribution in [-0.2, 0) is 56.0 Å². The monoisotopic (exact) mass is 1050 g/mol. The minimum atomic E-state index is -1.41. The SMILES string of the molecule is CN[C@@H](C)C(=O)N[C@H](C(=O)N1C[C@@H](NC(=O)C[C@H](NC(C)=O)C(=O)N[C@H]2C[C@@H](C(=O)N[C@@H]3CCCc4ccccc43)N(C(=O)[C@@H](NC(=O)[C@H](C)NC)C(C)(C)C)C2)C[C@H]1C(=O)N[C@@H]1CCCc2ccccc21)C(C)(C)C. The zero-order chi connectivity index (χ0) is 55.8. The van der Waals surface area contributed by atoms with Crippen molar-refractivity contribution in [3.63, 3.8) is 0 Å². The number of carbonyl (C=O) groups excluding carboxylic acids is 9. The molecule has 2 aliphatic carbocycles. The van der Waals surface area contributed by atoms with Gasteiger partial charge in [0.05, 0.1) is 30.6 Å². The summed E-state index contributed by atoms with van der Waals surface area (Å²) in [7, 11) is 3.27. The number of benzene rings is 2. The number of carbonyl (C=O) groups is 9. The lowest BCUT2D eigenvalue weighted by molar-refractivity contribution is -0.144. The summed E-state index contributed by atoms with van der Waals surface area (Å²) in [4.78, 5) is 129. The molecular formula is C56H83N11O9. The molecule has 0 aromatic heterocycles. The maximum Gasteiger partial charge on any atom is 0.246 e. The van der Waals surface area contributed by atoms with E-state index in [9.17, 15) is 43.2 Å². The highest BCUT2D eigenvalue weighted by Gasteiger charge is 2.48. The fraction of sp³-hybridized carbons (Fsp3) is 0.625. The Labute approximate surface area is 447 Å². The van der Waals surface area contributed by atoms with E-state index in [0.717, 1.165) is 47.9 Å². The van der Waals surface area contributed by atoms with E-state index in [4.69, 9.17) is 0 Å². The Hall–Kier alpha value is -6.41. The molecule has 9 N–H and O–H groups in total. The quantitative estimate of drug-likeness (QED) is 0.104. The number of hydrogen-bond donors (Lipinski definition) is 9. The number of likely N-dealkylation sites (tertiary alicyclic amines) is 2. The Morgan fingerprint density at radius 3 is 1.37 bits per heavy atom. The molecule has 2 aromatic rings. The maximum absolute atomic E-state index is 14.7. The first-order chi connectivity index (χ1) is 35.8. The van der Waals surface area contributed by atoms with E-state index in [1.165, 1.54) is 16.7 Å². The number of likely N-dealkylation sites (N-methyl/N-ethyl adjacent to an activating group) is 2. The molecule has 0 radical (unpaired) electrons. The lowest BCUT2D eigenvalue weighted by Gasteiger charge is -2.36. The van der Waals surface area contributed by atoms with E-state index in [1.807, 2.05) is 90.1 Å². The second kappa shape index (κ2) is 25.2. The average Bonchev–Trinajstić information content (AvgIpc) is 4.00. The van der Waals surface area contributed by atoms with Gasteiger partial charge in [-0.05, 0) is 112 Å². The molecule has 76 heavy (non-hydrogen) atoms. The molecule has 416 valence electrons. The molecule has 0 saturated carbocycles. The van der Waals surface area contributed by atoms with E-state index in [2.05, 4.69) is 47.9 Å². The standard InChI is InChI=1S/C56H83N11O9/c1-31(57-10)48(70)64-46(55(4,5)6)53(75)66-29-36(26-43(66)51(73)62-40-24-16-20-34-18-12-14-22-38(34)40)60-45(69)28-42(59-33(3)68)50(72)61-37-27-44(52(74)63-41-25-17-21-35-19-13-15-23-39(35)41)67(30-37)54(76)47(56(7,8)9)65-49(71)32(2)58-11/h12-15,18-19,22-23,31-32,36-37,40-44,46-47,57-58H,16-17,20-21,24-30H2,1-11H3,(H,59,68)(H,60,69)(H,61,72)(H,62,73)(H,63,74)(H,64,70)(H,65,71)/t31-,32-,36-,37-,40+,41+,42-,43-,44-,46+,47+/m0/s1. The van der Waals surface area contributed by atoms with Crippen molar-refractivity contribution >= 4 is 53.2 Å². The molecular weight excluding hydrogens is 971 g/mol. The van der Waals surface area contributed by atoms with Crippen molar-refractivity contribution in [1.82, 2.24) is 57.7 Å². The van der Waals surface area contributed by atoms with Crippen LogP contribution >= 0.6 is 0 Å². The van der Waals surface area contributed by atoms with E-state index >= 15 is 0 Å². The smallest absolute Gasteiger partial charge is 0.246 e. The van der Waals surface area contributed by atoms with Crippen LogP contribution in [0.25, 0.3) is 0 Å². The maximum atomic E-state index is 14.7. The second-order valence-electron chi connectivity index (χ2n) is 23.4. The fourth-order valence-corrected chi connectivity index (χ4v) is 10.9. The summed E-state index contributed by atoms with van der Waals surface area (Å²) in [6.07, 6.45) is 4.34. The summed E-state index contributed by atoms with van der Waals surface area (Å²) in [5, 5.41) is 26.3. The van der Waals surface area contributed by atoms with Crippen LogP contribution in [-0.4, -0.2) is 145 Å². The highest BCUT2D eigenvalue weighted by Crippen LogP contribution is 2.34. The number of rotatable bonds is 18. The van der Waals surface area contributed by atoms with Crippen LogP contribution in [0.1, 0.15) is 142 Å². The number of aryl methyl sites for hydroxylation is 2. The molecule has 2 aliphatic heterocycles. The minimum Gasteiger partial charge on any atom is -0.351 e. The van der Waals surface area contributed by atoms with E-state index < -0.39 is 125 Å². The minimum absolute atomic E-state index is 0.000110. The third-order valence-corrected chi connectivity index (χ3v) is 15.4. The Kier molecular flexibility index (Phi) is 19.5. The van der Waals surface area contributed by atoms with Gasteiger partial charge in [0, 0.05) is 32.1 Å². The van der Waals surface area contributed by atoms with E-state index in [1.54, 1.807) is 27.9 Å². The number of fused-ring (bicyclic) bond motifs is 2. The van der Waals surface area contributed by atoms with Crippen LogP contribution in [0.4, 0.5) is 0 Å². The predicted molar refractivity (Wildman–Crippen MR) is 287 cm³/mol. The van der Waals surface area contributed by atoms with Gasteiger partial charge < -0.3 is 57.7 Å². The third-order valence-electron chi connectivity index (χ3n) is 15.4. The Morgan fingerprint density at radius 2 is 0.974 bits per heavy atom. The lowest BCUT2D eigenvalue weighted by atomic mass is 9.85. The van der Waals surface area contributed by atoms with Crippen LogP contribution in [0.2, 0.25) is 0 Å². The van der Waals surface area contributed by atoms with E-state index in [0.29, 0.717) is 12.8 Å². The van der Waals surface area contributed by atoms with Gasteiger partial charge in [-0.25, -0.2) is 0 Å². The van der Waals surface area contributed by atoms with Crippen LogP contribution < -0.4 is 47.9 Å². The van der Waals surface area contributed by atoms with Crippen molar-refractivity contribution in [3.8, 4) is 0 Å². The van der Waals surface area contributed by atoms with Gasteiger partial charge in [-0.1, -0.05) is 90.1 Å². The van der Waals surface area contributed by atoms with Gasteiger partial charge in [-0.3, -0.25) is 43.2 Å². The molecule has 20 nitrogen and oxygen atoms in total. The second-order valence-corrected chi connectivity index (χ2v) is 23.4. The fourth-order valence-electron chi connectivity index (χ4n) is 10.9. The zero-order valence-corrected chi connectivity index (χ0v) is 46.3. The average molecular weight is 1050 g/mol. The van der Waals surface area contributed by atoms with Gasteiger partial charge in [0.25, 0.3) is 0 Å². The van der Waals surface area contributed by atoms with Crippen molar-refractivity contribution in [2.75, 3.05) is 27.2 Å².